The monoisotopic (exact) mass is 459 g/mol. The van der Waals surface area contributed by atoms with E-state index in [-0.39, 0.29) is 5.91 Å². The zero-order valence-electron chi connectivity index (χ0n) is 18.5. The molecule has 0 atom stereocenters. The van der Waals surface area contributed by atoms with E-state index in [1.165, 1.54) is 0 Å². The molecule has 0 saturated carbocycles. The molecule has 0 N–H and O–H groups in total. The highest BCUT2D eigenvalue weighted by molar-refractivity contribution is 7.09. The van der Waals surface area contributed by atoms with E-state index in [0.29, 0.717) is 37.6 Å². The van der Waals surface area contributed by atoms with E-state index >= 15 is 0 Å². The maximum Gasteiger partial charge on any atom is 0.246 e. The molecule has 4 rings (SSSR count). The van der Waals surface area contributed by atoms with E-state index in [9.17, 15) is 10.1 Å². The largest absolute Gasteiger partial charge is 0.487 e. The van der Waals surface area contributed by atoms with Crippen molar-refractivity contribution in [3.8, 4) is 11.8 Å². The van der Waals surface area contributed by atoms with Crippen LogP contribution in [0.2, 0.25) is 0 Å². The molecule has 0 radical (unpaired) electrons. The molecule has 33 heavy (non-hydrogen) atoms. The van der Waals surface area contributed by atoms with E-state index < -0.39 is 0 Å². The molecule has 0 aliphatic carbocycles. The first-order valence-electron chi connectivity index (χ1n) is 10.8. The number of aromatic nitrogens is 2. The smallest absolute Gasteiger partial charge is 0.246 e. The van der Waals surface area contributed by atoms with Crippen LogP contribution in [0.25, 0.3) is 6.08 Å². The Kier molecular flexibility index (Phi) is 7.33. The Labute approximate surface area is 197 Å². The molecule has 1 aromatic carbocycles. The minimum atomic E-state index is -0.0253. The number of anilines is 1. The first-order chi connectivity index (χ1) is 16.1. The molecule has 1 aliphatic heterocycles. The van der Waals surface area contributed by atoms with Crippen LogP contribution in [0.5, 0.6) is 5.75 Å². The minimum absolute atomic E-state index is 0.0253. The lowest BCUT2D eigenvalue weighted by atomic mass is 10.2. The molecule has 168 valence electrons. The second-order valence-corrected chi connectivity index (χ2v) is 8.77. The SMILES string of the molecule is Cc1nc(COc2cccc(/C=C/C(=O)N3CCCN(c4ncccc4C#N)CC3)c2)cs1. The molecule has 1 aliphatic rings. The highest BCUT2D eigenvalue weighted by atomic mass is 32.1. The number of pyridine rings is 1. The number of carbonyl (C=O) groups excluding carboxylic acids is 1. The number of carbonyl (C=O) groups is 1. The molecule has 3 heterocycles. The lowest BCUT2D eigenvalue weighted by Gasteiger charge is -2.22. The van der Waals surface area contributed by atoms with Gasteiger partial charge in [0.25, 0.3) is 0 Å². The van der Waals surface area contributed by atoms with Gasteiger partial charge in [0.2, 0.25) is 5.91 Å². The van der Waals surface area contributed by atoms with Crippen molar-refractivity contribution in [1.82, 2.24) is 14.9 Å². The Bertz CT molecular complexity index is 1180. The number of ether oxygens (including phenoxy) is 1. The van der Waals surface area contributed by atoms with Gasteiger partial charge in [0.05, 0.1) is 16.3 Å². The fourth-order valence-corrected chi connectivity index (χ4v) is 4.30. The summed E-state index contributed by atoms with van der Waals surface area (Å²) in [4.78, 5) is 25.5. The maximum absolute atomic E-state index is 12.8. The van der Waals surface area contributed by atoms with Gasteiger partial charge in [0.15, 0.2) is 0 Å². The third-order valence-corrected chi connectivity index (χ3v) is 6.17. The topological polar surface area (TPSA) is 82.3 Å². The van der Waals surface area contributed by atoms with Crippen molar-refractivity contribution in [2.24, 2.45) is 0 Å². The van der Waals surface area contributed by atoms with E-state index in [1.807, 2.05) is 47.5 Å². The Hall–Kier alpha value is -3.70. The fourth-order valence-electron chi connectivity index (χ4n) is 3.70. The predicted octanol–water partition coefficient (Wildman–Crippen LogP) is 4.05. The third kappa shape index (κ3) is 5.96. The second kappa shape index (κ2) is 10.7. The van der Waals surface area contributed by atoms with Crippen LogP contribution in [0.15, 0.2) is 54.1 Å². The van der Waals surface area contributed by atoms with Crippen molar-refractivity contribution in [2.75, 3.05) is 31.1 Å². The van der Waals surface area contributed by atoms with E-state index in [4.69, 9.17) is 4.74 Å². The molecule has 2 aromatic heterocycles. The molecule has 1 amide bonds. The number of thiazole rings is 1. The molecule has 3 aromatic rings. The number of hydrogen-bond donors (Lipinski definition) is 0. The Morgan fingerprint density at radius 1 is 1.24 bits per heavy atom. The van der Waals surface area contributed by atoms with Gasteiger partial charge in [-0.1, -0.05) is 12.1 Å². The van der Waals surface area contributed by atoms with Gasteiger partial charge >= 0.3 is 0 Å². The first-order valence-corrected chi connectivity index (χ1v) is 11.7. The van der Waals surface area contributed by atoms with E-state index in [0.717, 1.165) is 35.0 Å². The number of rotatable bonds is 6. The third-order valence-electron chi connectivity index (χ3n) is 5.34. The first kappa shape index (κ1) is 22.5. The van der Waals surface area contributed by atoms with Crippen LogP contribution in [0, 0.1) is 18.3 Å². The summed E-state index contributed by atoms with van der Waals surface area (Å²) in [6.45, 7) is 5.05. The normalized spacial score (nSPS) is 14.2. The predicted molar refractivity (Wildman–Crippen MR) is 129 cm³/mol. The van der Waals surface area contributed by atoms with Gasteiger partial charge in [-0.3, -0.25) is 4.79 Å². The highest BCUT2D eigenvalue weighted by Crippen LogP contribution is 2.19. The Morgan fingerprint density at radius 2 is 2.15 bits per heavy atom. The standard InChI is InChI=1S/C25H25N5O2S/c1-19-28-22(18-33-19)17-32-23-7-2-5-20(15-23)8-9-24(31)29-11-4-12-30(14-13-29)25-21(16-26)6-3-10-27-25/h2-3,5-10,15,18H,4,11-14,17H2,1H3/b9-8+. The summed E-state index contributed by atoms with van der Waals surface area (Å²) in [6, 6.07) is 13.4. The summed E-state index contributed by atoms with van der Waals surface area (Å²) in [6.07, 6.45) is 5.94. The van der Waals surface area contributed by atoms with Crippen molar-refractivity contribution < 1.29 is 9.53 Å². The van der Waals surface area contributed by atoms with Crippen LogP contribution in [0.4, 0.5) is 5.82 Å². The lowest BCUT2D eigenvalue weighted by molar-refractivity contribution is -0.125. The molecule has 1 fully saturated rings. The van der Waals surface area contributed by atoms with Gasteiger partial charge in [0, 0.05) is 43.8 Å². The average molecular weight is 460 g/mol. The van der Waals surface area contributed by atoms with Crippen LogP contribution in [0.1, 0.15) is 28.2 Å². The van der Waals surface area contributed by atoms with Crippen LogP contribution in [-0.4, -0.2) is 47.0 Å². The average Bonchev–Trinajstić information content (AvgIpc) is 3.11. The van der Waals surface area contributed by atoms with Crippen LogP contribution < -0.4 is 9.64 Å². The summed E-state index contributed by atoms with van der Waals surface area (Å²) in [7, 11) is 0. The number of nitrogens with zero attached hydrogens (tertiary/aromatic N) is 5. The second-order valence-electron chi connectivity index (χ2n) is 7.70. The van der Waals surface area contributed by atoms with Gasteiger partial charge in [-0.25, -0.2) is 9.97 Å². The molecule has 0 unspecified atom stereocenters. The molecular weight excluding hydrogens is 434 g/mol. The number of hydrogen-bond acceptors (Lipinski definition) is 7. The fraction of sp³-hybridized carbons (Fsp3) is 0.280. The van der Waals surface area contributed by atoms with Gasteiger partial charge < -0.3 is 14.5 Å². The number of nitriles is 1. The molecule has 0 bridgehead atoms. The molecule has 0 spiro atoms. The quantitative estimate of drug-likeness (QED) is 0.517. The van der Waals surface area contributed by atoms with Crippen molar-refractivity contribution in [3.05, 3.63) is 75.9 Å². The summed E-state index contributed by atoms with van der Waals surface area (Å²) >= 11 is 1.60. The molecular formula is C25H25N5O2S. The zero-order valence-corrected chi connectivity index (χ0v) is 19.3. The van der Waals surface area contributed by atoms with Crippen molar-refractivity contribution >= 4 is 29.1 Å². The highest BCUT2D eigenvalue weighted by Gasteiger charge is 2.20. The van der Waals surface area contributed by atoms with Gasteiger partial charge in [-0.05, 0) is 49.2 Å². The minimum Gasteiger partial charge on any atom is -0.487 e. The van der Waals surface area contributed by atoms with E-state index in [1.54, 1.807) is 35.7 Å². The van der Waals surface area contributed by atoms with Gasteiger partial charge in [0.1, 0.15) is 24.2 Å². The maximum atomic E-state index is 12.8. The summed E-state index contributed by atoms with van der Waals surface area (Å²) < 4.78 is 5.84. The molecule has 1 saturated heterocycles. The van der Waals surface area contributed by atoms with E-state index in [2.05, 4.69) is 20.9 Å². The number of amides is 1. The molecule has 8 heteroatoms. The van der Waals surface area contributed by atoms with Gasteiger partial charge in [-0.2, -0.15) is 5.26 Å². The number of benzene rings is 1. The zero-order chi connectivity index (χ0) is 23.0. The summed E-state index contributed by atoms with van der Waals surface area (Å²) in [5.41, 5.74) is 2.37. The van der Waals surface area contributed by atoms with Crippen LogP contribution in [-0.2, 0) is 11.4 Å². The van der Waals surface area contributed by atoms with Crippen LogP contribution in [0.3, 0.4) is 0 Å². The number of aryl methyl sites for hydroxylation is 1. The Morgan fingerprint density at radius 3 is 2.97 bits per heavy atom. The van der Waals surface area contributed by atoms with Crippen molar-refractivity contribution in [2.45, 2.75) is 20.0 Å². The van der Waals surface area contributed by atoms with Gasteiger partial charge in [-0.15, -0.1) is 11.3 Å². The Balaban J connectivity index is 1.34. The summed E-state index contributed by atoms with van der Waals surface area (Å²) in [5, 5.41) is 12.4. The summed E-state index contributed by atoms with van der Waals surface area (Å²) in [5.74, 6) is 1.40. The van der Waals surface area contributed by atoms with Crippen molar-refractivity contribution in [3.63, 3.8) is 0 Å². The molecule has 7 nitrogen and oxygen atoms in total. The van der Waals surface area contributed by atoms with Crippen molar-refractivity contribution in [1.29, 1.82) is 5.26 Å². The lowest BCUT2D eigenvalue weighted by Crippen LogP contribution is -2.34. The van der Waals surface area contributed by atoms with Crippen LogP contribution >= 0.6 is 11.3 Å².